The Kier molecular flexibility index (Phi) is 5.71. The molecule has 0 aliphatic carbocycles. The fourth-order valence-electron chi connectivity index (χ4n) is 2.72. The van der Waals surface area contributed by atoms with Crippen molar-refractivity contribution in [3.05, 3.63) is 48.2 Å². The van der Waals surface area contributed by atoms with Crippen molar-refractivity contribution in [3.8, 4) is 11.1 Å². The second-order valence-electron chi connectivity index (χ2n) is 6.61. The molecule has 0 fully saturated rings. The molecule has 0 spiro atoms. The van der Waals surface area contributed by atoms with Crippen molar-refractivity contribution in [1.82, 2.24) is 10.2 Å². The van der Waals surface area contributed by atoms with Gasteiger partial charge in [0, 0.05) is 16.9 Å². The summed E-state index contributed by atoms with van der Waals surface area (Å²) in [7, 11) is -3.24. The highest BCUT2D eigenvalue weighted by Crippen LogP contribution is 2.35. The van der Waals surface area contributed by atoms with Crippen molar-refractivity contribution >= 4 is 38.4 Å². The minimum absolute atomic E-state index is 0.183. The molecule has 1 heterocycles. The first-order valence-electron chi connectivity index (χ1n) is 8.78. The van der Waals surface area contributed by atoms with Gasteiger partial charge in [-0.1, -0.05) is 38.1 Å². The van der Waals surface area contributed by atoms with Crippen molar-refractivity contribution in [1.29, 1.82) is 0 Å². The third kappa shape index (κ3) is 4.18. The molecule has 0 radical (unpaired) electrons. The van der Waals surface area contributed by atoms with E-state index < -0.39 is 15.7 Å². The van der Waals surface area contributed by atoms with E-state index in [1.165, 1.54) is 6.26 Å². The van der Waals surface area contributed by atoms with Crippen LogP contribution in [0.3, 0.4) is 0 Å². The Hall–Kier alpha value is -2.45. The van der Waals surface area contributed by atoms with E-state index in [1.54, 1.807) is 36.0 Å². The number of thioether (sulfide) groups is 1. The van der Waals surface area contributed by atoms with E-state index in [4.69, 9.17) is 5.73 Å². The molecule has 0 bridgehead atoms. The fourth-order valence-corrected chi connectivity index (χ4v) is 4.47. The van der Waals surface area contributed by atoms with Crippen LogP contribution in [0.5, 0.6) is 0 Å². The second-order valence-corrected chi connectivity index (χ2v) is 10.1. The number of hydrogen-bond donors (Lipinski definition) is 1. The average Bonchev–Trinajstić information content (AvgIpc) is 2.66. The van der Waals surface area contributed by atoms with Crippen LogP contribution >= 0.6 is 11.8 Å². The predicted molar refractivity (Wildman–Crippen MR) is 112 cm³/mol. The van der Waals surface area contributed by atoms with Crippen LogP contribution in [0.4, 0.5) is 0 Å². The van der Waals surface area contributed by atoms with Crippen LogP contribution in [0, 0.1) is 0 Å². The smallest absolute Gasteiger partial charge is 0.270 e. The molecule has 6 nitrogen and oxygen atoms in total. The van der Waals surface area contributed by atoms with Crippen LogP contribution in [0.15, 0.2) is 52.3 Å². The van der Waals surface area contributed by atoms with Gasteiger partial charge in [-0.3, -0.25) is 4.79 Å². The van der Waals surface area contributed by atoms with Gasteiger partial charge < -0.3 is 5.73 Å². The molecule has 1 amide bonds. The normalized spacial score (nSPS) is 12.8. The van der Waals surface area contributed by atoms with Gasteiger partial charge in [0.25, 0.3) is 5.91 Å². The van der Waals surface area contributed by atoms with Gasteiger partial charge in [0.05, 0.1) is 15.3 Å². The zero-order valence-electron chi connectivity index (χ0n) is 15.8. The summed E-state index contributed by atoms with van der Waals surface area (Å²) in [5.74, 6) is -0.597. The first kappa shape index (κ1) is 20.3. The summed E-state index contributed by atoms with van der Waals surface area (Å²) in [6, 6.07) is 12.4. The van der Waals surface area contributed by atoms with Crippen molar-refractivity contribution in [2.24, 2.45) is 5.73 Å². The maximum Gasteiger partial charge on any atom is 0.270 e. The maximum absolute atomic E-state index is 11.8. The van der Waals surface area contributed by atoms with Gasteiger partial charge in [0.1, 0.15) is 0 Å². The van der Waals surface area contributed by atoms with Gasteiger partial charge in [-0.15, -0.1) is 22.0 Å². The maximum atomic E-state index is 11.8. The molecule has 2 aromatic carbocycles. The van der Waals surface area contributed by atoms with E-state index in [2.05, 4.69) is 24.0 Å². The van der Waals surface area contributed by atoms with Crippen LogP contribution in [0.2, 0.25) is 0 Å². The number of nitrogens with zero attached hydrogens (tertiary/aromatic N) is 2. The second kappa shape index (κ2) is 7.89. The summed E-state index contributed by atoms with van der Waals surface area (Å²) in [5, 5.41) is 9.35. The Morgan fingerprint density at radius 1 is 1.11 bits per heavy atom. The van der Waals surface area contributed by atoms with Gasteiger partial charge in [-0.25, -0.2) is 8.42 Å². The average molecular weight is 416 g/mol. The van der Waals surface area contributed by atoms with E-state index in [9.17, 15) is 13.2 Å². The molecule has 1 atom stereocenters. The van der Waals surface area contributed by atoms with Gasteiger partial charge in [-0.05, 0) is 35.7 Å². The lowest BCUT2D eigenvalue weighted by Crippen LogP contribution is -2.16. The standard InChI is InChI=1S/C20H21N3O3S2/c1-4-12(2)27-19-16-10-7-14(11-17(16)22-23-18(19)20(21)24)13-5-8-15(9-6-13)28(3,25)26/h5-12H,4H2,1-3H3,(H2,21,24). The summed E-state index contributed by atoms with van der Waals surface area (Å²) >= 11 is 1.56. The molecular weight excluding hydrogens is 394 g/mol. The number of amides is 1. The van der Waals surface area contributed by atoms with Crippen LogP contribution in [-0.4, -0.2) is 36.0 Å². The number of aromatic nitrogens is 2. The van der Waals surface area contributed by atoms with Gasteiger partial charge in [-0.2, -0.15) is 0 Å². The first-order valence-corrected chi connectivity index (χ1v) is 11.5. The Morgan fingerprint density at radius 2 is 1.75 bits per heavy atom. The zero-order valence-corrected chi connectivity index (χ0v) is 17.5. The molecule has 0 saturated heterocycles. The van der Waals surface area contributed by atoms with Gasteiger partial charge in [0.15, 0.2) is 15.5 Å². The number of carbonyl (C=O) groups is 1. The first-order chi connectivity index (χ1) is 13.2. The Labute approximate surface area is 168 Å². The van der Waals surface area contributed by atoms with Crippen LogP contribution in [-0.2, 0) is 9.84 Å². The number of primary amides is 1. The molecule has 0 aliphatic heterocycles. The molecule has 3 rings (SSSR count). The molecule has 0 aliphatic rings. The molecular formula is C20H21N3O3S2. The number of carbonyl (C=O) groups excluding carboxylic acids is 1. The SMILES string of the molecule is CCC(C)Sc1c(C(N)=O)nnc2cc(-c3ccc(S(C)(=O)=O)cc3)ccc12. The topological polar surface area (TPSA) is 103 Å². The van der Waals surface area contributed by atoms with E-state index in [-0.39, 0.29) is 10.6 Å². The Bertz CT molecular complexity index is 1140. The molecule has 1 aromatic heterocycles. The summed E-state index contributed by atoms with van der Waals surface area (Å²) in [5.41, 5.74) is 8.08. The van der Waals surface area contributed by atoms with Crippen molar-refractivity contribution in [2.45, 2.75) is 35.3 Å². The zero-order chi connectivity index (χ0) is 20.5. The molecule has 2 N–H and O–H groups in total. The molecule has 0 saturated carbocycles. The van der Waals surface area contributed by atoms with Crippen molar-refractivity contribution in [2.75, 3.05) is 6.26 Å². The predicted octanol–water partition coefficient (Wildman–Crippen LogP) is 3.69. The fraction of sp³-hybridized carbons (Fsp3) is 0.250. The highest BCUT2D eigenvalue weighted by molar-refractivity contribution is 8.00. The summed E-state index contributed by atoms with van der Waals surface area (Å²) in [6.45, 7) is 4.16. The highest BCUT2D eigenvalue weighted by atomic mass is 32.2. The number of sulfone groups is 1. The lowest BCUT2D eigenvalue weighted by molar-refractivity contribution is 0.0992. The number of nitrogens with two attached hydrogens (primary N) is 1. The van der Waals surface area contributed by atoms with E-state index in [0.29, 0.717) is 10.8 Å². The lowest BCUT2D eigenvalue weighted by atomic mass is 10.0. The van der Waals surface area contributed by atoms with Crippen LogP contribution in [0.1, 0.15) is 30.8 Å². The summed E-state index contributed by atoms with van der Waals surface area (Å²) in [6.07, 6.45) is 2.12. The molecule has 3 aromatic rings. The highest BCUT2D eigenvalue weighted by Gasteiger charge is 2.18. The molecule has 8 heteroatoms. The van der Waals surface area contributed by atoms with E-state index >= 15 is 0 Å². The van der Waals surface area contributed by atoms with E-state index in [1.807, 2.05) is 18.2 Å². The minimum atomic E-state index is -3.24. The number of rotatable bonds is 6. The van der Waals surface area contributed by atoms with Crippen molar-refractivity contribution < 1.29 is 13.2 Å². The Balaban J connectivity index is 2.09. The lowest BCUT2D eigenvalue weighted by Gasteiger charge is -2.13. The largest absolute Gasteiger partial charge is 0.364 e. The molecule has 146 valence electrons. The van der Waals surface area contributed by atoms with Crippen LogP contribution < -0.4 is 5.73 Å². The third-order valence-electron chi connectivity index (χ3n) is 4.46. The number of hydrogen-bond acceptors (Lipinski definition) is 6. The van der Waals surface area contributed by atoms with Gasteiger partial charge >= 0.3 is 0 Å². The Morgan fingerprint density at radius 3 is 2.32 bits per heavy atom. The van der Waals surface area contributed by atoms with Gasteiger partial charge in [0.2, 0.25) is 0 Å². The summed E-state index contributed by atoms with van der Waals surface area (Å²) in [4.78, 5) is 12.8. The number of benzene rings is 2. The van der Waals surface area contributed by atoms with Crippen molar-refractivity contribution in [3.63, 3.8) is 0 Å². The summed E-state index contributed by atoms with van der Waals surface area (Å²) < 4.78 is 23.3. The third-order valence-corrected chi connectivity index (χ3v) is 6.97. The number of fused-ring (bicyclic) bond motifs is 1. The molecule has 1 unspecified atom stereocenters. The minimum Gasteiger partial charge on any atom is -0.364 e. The molecule has 28 heavy (non-hydrogen) atoms. The van der Waals surface area contributed by atoms with Crippen LogP contribution in [0.25, 0.3) is 22.0 Å². The quantitative estimate of drug-likeness (QED) is 0.616. The van der Waals surface area contributed by atoms with E-state index in [0.717, 1.165) is 27.8 Å². The monoisotopic (exact) mass is 415 g/mol.